The first kappa shape index (κ1) is 29.4. The smallest absolute Gasteiger partial charge is 0.260 e. The molecule has 0 radical (unpaired) electrons. The maximum Gasteiger partial charge on any atom is 0.260 e. The molecule has 6 aromatic rings. The maximum atomic E-state index is 14.6. The van der Waals surface area contributed by atoms with Crippen molar-refractivity contribution >= 4 is 40.2 Å². The van der Waals surface area contributed by atoms with Crippen LogP contribution in [0, 0.1) is 12.7 Å². The average Bonchev–Trinajstić information content (AvgIpc) is 3.83. The first-order chi connectivity index (χ1) is 22.3. The van der Waals surface area contributed by atoms with Crippen LogP contribution in [0.15, 0.2) is 108 Å². The van der Waals surface area contributed by atoms with Gasteiger partial charge in [-0.25, -0.2) is 9.37 Å². The van der Waals surface area contributed by atoms with Gasteiger partial charge >= 0.3 is 0 Å². The van der Waals surface area contributed by atoms with Gasteiger partial charge in [-0.05, 0) is 109 Å². The lowest BCUT2D eigenvalue weighted by Gasteiger charge is -2.24. The molecule has 2 aromatic heterocycles. The van der Waals surface area contributed by atoms with Crippen LogP contribution in [0.3, 0.4) is 0 Å². The zero-order chi connectivity index (χ0) is 31.9. The molecule has 1 fully saturated rings. The Morgan fingerprint density at radius 2 is 1.63 bits per heavy atom. The summed E-state index contributed by atoms with van der Waals surface area (Å²) in [6.07, 6.45) is 3.49. The van der Waals surface area contributed by atoms with Crippen molar-refractivity contribution in [1.82, 2.24) is 10.3 Å². The molecule has 2 heterocycles. The second-order valence-corrected chi connectivity index (χ2v) is 11.8. The van der Waals surface area contributed by atoms with Crippen LogP contribution in [0.25, 0.3) is 44.5 Å². The second kappa shape index (κ2) is 11.9. The number of benzene rings is 4. The van der Waals surface area contributed by atoms with E-state index in [1.807, 2.05) is 79.7 Å². The van der Waals surface area contributed by atoms with Crippen LogP contribution in [-0.4, -0.2) is 29.9 Å². The van der Waals surface area contributed by atoms with Crippen molar-refractivity contribution in [2.75, 3.05) is 11.9 Å². The molecule has 46 heavy (non-hydrogen) atoms. The number of furan rings is 1. The second-order valence-electron chi connectivity index (χ2n) is 11.4. The molecule has 8 heteroatoms. The zero-order valence-electron chi connectivity index (χ0n) is 25.2. The number of anilines is 1. The van der Waals surface area contributed by atoms with E-state index >= 15 is 0 Å². The van der Waals surface area contributed by atoms with Crippen LogP contribution in [0.2, 0.25) is 5.02 Å². The highest BCUT2D eigenvalue weighted by Crippen LogP contribution is 2.41. The maximum absolute atomic E-state index is 14.6. The molecule has 228 valence electrons. The van der Waals surface area contributed by atoms with Gasteiger partial charge in [0.05, 0.1) is 5.56 Å². The highest BCUT2D eigenvalue weighted by atomic mass is 35.5. The average molecular weight is 630 g/mol. The standard InChI is InChI=1S/C38H29ClFN3O3/c1-22-19-29(27-7-3-4-8-32(27)39)30(38(45)43(26-15-16-26)34-9-5-6-18-42-34)21-28(22)24-12-17-33-31(20-24)35(37(44)41-2)36(46-33)23-10-13-25(40)14-11-23/h3-14,17-21,26H,15-16H2,1-2H3,(H,41,44). The molecule has 6 nitrogen and oxygen atoms in total. The lowest BCUT2D eigenvalue weighted by Crippen LogP contribution is -2.34. The molecule has 4 aromatic carbocycles. The SMILES string of the molecule is CNC(=O)c1c(-c2ccc(F)cc2)oc2ccc(-c3cc(C(=O)N(c4ccccn4)C4CC4)c(-c4ccccc4Cl)cc3C)cc12. The number of halogens is 2. The minimum absolute atomic E-state index is 0.0634. The summed E-state index contributed by atoms with van der Waals surface area (Å²) in [5, 5.41) is 3.86. The molecule has 0 saturated heterocycles. The van der Waals surface area contributed by atoms with Gasteiger partial charge in [0.25, 0.3) is 11.8 Å². The Labute approximate surface area is 270 Å². The number of hydrogen-bond donors (Lipinski definition) is 1. The lowest BCUT2D eigenvalue weighted by atomic mass is 9.90. The third kappa shape index (κ3) is 5.33. The van der Waals surface area contributed by atoms with Gasteiger partial charge < -0.3 is 9.73 Å². The summed E-state index contributed by atoms with van der Waals surface area (Å²) < 4.78 is 19.9. The van der Waals surface area contributed by atoms with Crippen molar-refractivity contribution in [2.24, 2.45) is 0 Å². The van der Waals surface area contributed by atoms with Crippen molar-refractivity contribution in [3.05, 3.63) is 131 Å². The molecular formula is C38H29ClFN3O3. The Morgan fingerprint density at radius 3 is 2.33 bits per heavy atom. The first-order valence-electron chi connectivity index (χ1n) is 15.0. The Kier molecular flexibility index (Phi) is 7.62. The molecule has 0 aliphatic heterocycles. The predicted molar refractivity (Wildman–Crippen MR) is 180 cm³/mol. The molecule has 0 atom stereocenters. The van der Waals surface area contributed by atoms with Crippen LogP contribution in [0.4, 0.5) is 10.2 Å². The Bertz CT molecular complexity index is 2120. The van der Waals surface area contributed by atoms with Crippen molar-refractivity contribution in [3.8, 4) is 33.6 Å². The van der Waals surface area contributed by atoms with Gasteiger partial charge in [-0.2, -0.15) is 0 Å². The predicted octanol–water partition coefficient (Wildman–Crippen LogP) is 9.10. The monoisotopic (exact) mass is 629 g/mol. The van der Waals surface area contributed by atoms with E-state index in [1.54, 1.807) is 30.3 Å². The van der Waals surface area contributed by atoms with Crippen molar-refractivity contribution in [1.29, 1.82) is 0 Å². The molecule has 2 amide bonds. The molecule has 0 spiro atoms. The van der Waals surface area contributed by atoms with E-state index in [9.17, 15) is 14.0 Å². The third-order valence-electron chi connectivity index (χ3n) is 8.35. The fraction of sp³-hybridized carbons (Fsp3) is 0.132. The Balaban J connectivity index is 1.42. The molecule has 0 unspecified atom stereocenters. The summed E-state index contributed by atoms with van der Waals surface area (Å²) in [5.74, 6) is 0.0842. The summed E-state index contributed by atoms with van der Waals surface area (Å²) >= 11 is 6.70. The zero-order valence-corrected chi connectivity index (χ0v) is 25.9. The van der Waals surface area contributed by atoms with Gasteiger partial charge in [0, 0.05) is 46.4 Å². The Morgan fingerprint density at radius 1 is 0.891 bits per heavy atom. The van der Waals surface area contributed by atoms with E-state index in [2.05, 4.69) is 10.3 Å². The molecular weight excluding hydrogens is 601 g/mol. The van der Waals surface area contributed by atoms with Gasteiger partial charge in [-0.3, -0.25) is 14.5 Å². The van der Waals surface area contributed by atoms with E-state index in [0.717, 1.165) is 40.7 Å². The number of fused-ring (bicyclic) bond motifs is 1. The number of pyridine rings is 1. The van der Waals surface area contributed by atoms with Gasteiger partial charge in [0.1, 0.15) is 23.0 Å². The minimum atomic E-state index is -0.381. The van der Waals surface area contributed by atoms with Crippen LogP contribution in [0.1, 0.15) is 39.1 Å². The topological polar surface area (TPSA) is 75.4 Å². The number of carbonyl (C=O) groups is 2. The summed E-state index contributed by atoms with van der Waals surface area (Å²) in [4.78, 5) is 34.1. The highest BCUT2D eigenvalue weighted by molar-refractivity contribution is 6.33. The van der Waals surface area contributed by atoms with Gasteiger partial charge in [0.2, 0.25) is 0 Å². The molecule has 1 aliphatic rings. The number of nitrogens with zero attached hydrogens (tertiary/aromatic N) is 2. The van der Waals surface area contributed by atoms with Crippen molar-refractivity contribution in [2.45, 2.75) is 25.8 Å². The summed E-state index contributed by atoms with van der Waals surface area (Å²) in [5.41, 5.74) is 5.98. The normalized spacial score (nSPS) is 12.7. The summed E-state index contributed by atoms with van der Waals surface area (Å²) in [7, 11) is 1.56. The lowest BCUT2D eigenvalue weighted by molar-refractivity contribution is 0.0962. The molecule has 1 aliphatic carbocycles. The van der Waals surface area contributed by atoms with Crippen molar-refractivity contribution < 1.29 is 18.4 Å². The van der Waals surface area contributed by atoms with Gasteiger partial charge in [0.15, 0.2) is 0 Å². The number of aryl methyl sites for hydroxylation is 1. The number of nitrogens with one attached hydrogen (secondary N) is 1. The number of aromatic nitrogens is 1. The van der Waals surface area contributed by atoms with Crippen LogP contribution in [0.5, 0.6) is 0 Å². The number of hydrogen-bond acceptors (Lipinski definition) is 4. The minimum Gasteiger partial charge on any atom is -0.455 e. The number of carbonyl (C=O) groups excluding carboxylic acids is 2. The third-order valence-corrected chi connectivity index (χ3v) is 8.67. The van der Waals surface area contributed by atoms with Crippen LogP contribution >= 0.6 is 11.6 Å². The highest BCUT2D eigenvalue weighted by Gasteiger charge is 2.36. The largest absolute Gasteiger partial charge is 0.455 e. The summed E-state index contributed by atoms with van der Waals surface area (Å²) in [6, 6.07) is 28.5. The fourth-order valence-corrected chi connectivity index (χ4v) is 6.17. The first-order valence-corrected chi connectivity index (χ1v) is 15.4. The molecule has 1 N–H and O–H groups in total. The van der Waals surface area contributed by atoms with Crippen LogP contribution in [-0.2, 0) is 0 Å². The number of rotatable bonds is 7. The quantitative estimate of drug-likeness (QED) is 0.191. The number of amides is 2. The van der Waals surface area contributed by atoms with Gasteiger partial charge in [-0.1, -0.05) is 41.9 Å². The molecule has 7 rings (SSSR count). The molecule has 0 bridgehead atoms. The van der Waals surface area contributed by atoms with E-state index in [-0.39, 0.29) is 23.7 Å². The van der Waals surface area contributed by atoms with Crippen molar-refractivity contribution in [3.63, 3.8) is 0 Å². The van der Waals surface area contributed by atoms with E-state index < -0.39 is 0 Å². The van der Waals surface area contributed by atoms with E-state index in [4.69, 9.17) is 16.0 Å². The van der Waals surface area contributed by atoms with E-state index in [0.29, 0.717) is 44.3 Å². The molecule has 1 saturated carbocycles. The Hall–Kier alpha value is -5.27. The fourth-order valence-electron chi connectivity index (χ4n) is 5.93. The van der Waals surface area contributed by atoms with E-state index in [1.165, 1.54) is 12.1 Å². The summed E-state index contributed by atoms with van der Waals surface area (Å²) in [6.45, 7) is 1.99. The van der Waals surface area contributed by atoms with Gasteiger partial charge in [-0.15, -0.1) is 0 Å². The van der Waals surface area contributed by atoms with Crippen LogP contribution < -0.4 is 10.2 Å².